The van der Waals surface area contributed by atoms with Crippen LogP contribution in [0.3, 0.4) is 0 Å². The second-order valence-corrected chi connectivity index (χ2v) is 7.20. The van der Waals surface area contributed by atoms with Gasteiger partial charge >= 0.3 is 0 Å². The first-order valence-corrected chi connectivity index (χ1v) is 9.43. The quantitative estimate of drug-likeness (QED) is 0.379. The van der Waals surface area contributed by atoms with E-state index in [9.17, 15) is 23.1 Å². The summed E-state index contributed by atoms with van der Waals surface area (Å²) in [6.07, 6.45) is -1.04. The molecule has 12 heteroatoms. The number of hydrogen-bond donors (Lipinski definition) is 3. The Hall–Kier alpha value is -3.70. The summed E-state index contributed by atoms with van der Waals surface area (Å²) in [4.78, 5) is 20.0. The van der Waals surface area contributed by atoms with E-state index in [-0.39, 0.29) is 22.2 Å². The average molecular weight is 483 g/mol. The number of fused-ring (bicyclic) bond motifs is 1. The van der Waals surface area contributed by atoms with Gasteiger partial charge in [0.15, 0.2) is 17.7 Å². The van der Waals surface area contributed by atoms with Gasteiger partial charge in [0.1, 0.15) is 39.6 Å². The number of carbonyl (C=O) groups is 1. The standard InChI is InChI=1S/C21H14ClF4N5O2/c1-8-29-17(18-20(27)28-7-14(22)31(8)18)12-2-3-13(16(26)15(12)25)30-21(33)19(32)9-4-10(23)6-11(24)5-9/h2-7,19,32H,1H3,(H2,27,28)(H,30,33)/t19-/m1/s1/i1D3. The van der Waals surface area contributed by atoms with Crippen molar-refractivity contribution >= 4 is 34.5 Å². The number of nitrogens with two attached hydrogens (primary N) is 1. The third-order valence-electron chi connectivity index (χ3n) is 4.69. The highest BCUT2D eigenvalue weighted by Crippen LogP contribution is 2.34. The zero-order chi connectivity index (χ0) is 26.5. The van der Waals surface area contributed by atoms with Crippen molar-refractivity contribution < 1.29 is 31.6 Å². The Morgan fingerprint density at radius 1 is 1.21 bits per heavy atom. The Balaban J connectivity index is 1.75. The second kappa shape index (κ2) is 8.34. The minimum atomic E-state index is -2.81. The van der Waals surface area contributed by atoms with Crippen molar-refractivity contribution in [3.8, 4) is 11.3 Å². The number of anilines is 2. The first-order chi connectivity index (χ1) is 16.8. The largest absolute Gasteiger partial charge is 0.382 e. The van der Waals surface area contributed by atoms with Crippen molar-refractivity contribution in [2.45, 2.75) is 13.0 Å². The Kier molecular flexibility index (Phi) is 4.76. The summed E-state index contributed by atoms with van der Waals surface area (Å²) >= 11 is 6.06. The zero-order valence-electron chi connectivity index (χ0n) is 19.2. The number of benzene rings is 2. The number of aryl methyl sites for hydroxylation is 1. The van der Waals surface area contributed by atoms with Crippen molar-refractivity contribution in [1.29, 1.82) is 0 Å². The van der Waals surface area contributed by atoms with Crippen LogP contribution in [0.1, 0.15) is 21.6 Å². The second-order valence-electron chi connectivity index (χ2n) is 6.82. The Bertz CT molecular complexity index is 1510. The molecule has 0 aliphatic heterocycles. The topological polar surface area (TPSA) is 106 Å². The van der Waals surface area contributed by atoms with Crippen LogP contribution in [-0.2, 0) is 4.79 Å². The third-order valence-corrected chi connectivity index (χ3v) is 4.95. The molecule has 4 aromatic rings. The van der Waals surface area contributed by atoms with Crippen LogP contribution in [0, 0.1) is 30.1 Å². The third kappa shape index (κ3) is 3.96. The molecule has 1 amide bonds. The van der Waals surface area contributed by atoms with Crippen molar-refractivity contribution in [2.24, 2.45) is 0 Å². The van der Waals surface area contributed by atoms with E-state index in [2.05, 4.69) is 9.97 Å². The molecule has 4 rings (SSSR count). The van der Waals surface area contributed by atoms with Gasteiger partial charge in [0.25, 0.3) is 5.91 Å². The number of amides is 1. The van der Waals surface area contributed by atoms with Gasteiger partial charge in [-0.25, -0.2) is 27.5 Å². The number of hydrogen-bond acceptors (Lipinski definition) is 5. The number of aromatic nitrogens is 3. The van der Waals surface area contributed by atoms with Gasteiger partial charge in [0, 0.05) is 15.7 Å². The maximum atomic E-state index is 15.1. The van der Waals surface area contributed by atoms with Gasteiger partial charge in [-0.15, -0.1) is 0 Å². The molecular weight excluding hydrogens is 466 g/mol. The predicted octanol–water partition coefficient (Wildman–Crippen LogP) is 4.17. The summed E-state index contributed by atoms with van der Waals surface area (Å²) in [7, 11) is 0. The van der Waals surface area contributed by atoms with E-state index >= 15 is 4.39 Å². The van der Waals surface area contributed by atoms with Gasteiger partial charge < -0.3 is 16.2 Å². The number of aliphatic hydroxyl groups excluding tert-OH is 1. The molecule has 0 aliphatic carbocycles. The first kappa shape index (κ1) is 18.8. The van der Waals surface area contributed by atoms with Crippen LogP contribution in [0.5, 0.6) is 0 Å². The lowest BCUT2D eigenvalue weighted by atomic mass is 10.1. The van der Waals surface area contributed by atoms with Crippen LogP contribution in [0.2, 0.25) is 5.15 Å². The maximum absolute atomic E-state index is 15.1. The molecule has 7 nitrogen and oxygen atoms in total. The SMILES string of the molecule is [2H]C([2H])([2H])c1nc(-c2ccc(NC(=O)[C@H](O)c3cc(F)cc(F)c3)c(F)c2F)c2c(N)ncc(Cl)n12. The van der Waals surface area contributed by atoms with E-state index in [0.29, 0.717) is 18.2 Å². The van der Waals surface area contributed by atoms with Crippen LogP contribution in [0.15, 0.2) is 36.5 Å². The molecule has 2 heterocycles. The van der Waals surface area contributed by atoms with Gasteiger partial charge in [0.2, 0.25) is 0 Å². The number of imidazole rings is 1. The summed E-state index contributed by atoms with van der Waals surface area (Å²) in [5.41, 5.74) is 3.58. The number of nitrogens with zero attached hydrogens (tertiary/aromatic N) is 3. The number of halogens is 5. The molecule has 1 atom stereocenters. The van der Waals surface area contributed by atoms with Crippen LogP contribution in [-0.4, -0.2) is 25.4 Å². The van der Waals surface area contributed by atoms with Crippen LogP contribution < -0.4 is 11.1 Å². The molecule has 4 N–H and O–H groups in total. The average Bonchev–Trinajstić information content (AvgIpc) is 3.20. The highest BCUT2D eigenvalue weighted by Gasteiger charge is 2.25. The van der Waals surface area contributed by atoms with Crippen LogP contribution >= 0.6 is 11.6 Å². The van der Waals surface area contributed by atoms with Crippen molar-refractivity contribution in [3.63, 3.8) is 0 Å². The fourth-order valence-electron chi connectivity index (χ4n) is 3.21. The monoisotopic (exact) mass is 482 g/mol. The molecule has 170 valence electrons. The molecule has 0 saturated heterocycles. The molecule has 0 fully saturated rings. The van der Waals surface area contributed by atoms with Gasteiger partial charge in [-0.05, 0) is 36.7 Å². The molecular formula is C21H14ClF4N5O2. The number of rotatable bonds is 4. The van der Waals surface area contributed by atoms with Gasteiger partial charge in [-0.3, -0.25) is 9.20 Å². The van der Waals surface area contributed by atoms with Gasteiger partial charge in [-0.1, -0.05) is 11.6 Å². The molecule has 0 bridgehead atoms. The Labute approximate surface area is 192 Å². The molecule has 0 unspecified atom stereocenters. The van der Waals surface area contributed by atoms with E-state index in [1.165, 1.54) is 0 Å². The number of carbonyl (C=O) groups excluding carboxylic acids is 1. The Morgan fingerprint density at radius 2 is 1.91 bits per heavy atom. The van der Waals surface area contributed by atoms with Crippen molar-refractivity contribution in [1.82, 2.24) is 14.4 Å². The molecule has 33 heavy (non-hydrogen) atoms. The number of nitrogen functional groups attached to an aromatic ring is 1. The normalized spacial score (nSPS) is 13.9. The smallest absolute Gasteiger partial charge is 0.257 e. The minimum Gasteiger partial charge on any atom is -0.382 e. The zero-order valence-corrected chi connectivity index (χ0v) is 17.0. The van der Waals surface area contributed by atoms with Crippen LogP contribution in [0.25, 0.3) is 16.8 Å². The summed E-state index contributed by atoms with van der Waals surface area (Å²) in [5.74, 6) is -7.40. The fourth-order valence-corrected chi connectivity index (χ4v) is 3.42. The first-order valence-electron chi connectivity index (χ1n) is 10.6. The lowest BCUT2D eigenvalue weighted by Gasteiger charge is -2.14. The van der Waals surface area contributed by atoms with E-state index in [4.69, 9.17) is 21.4 Å². The van der Waals surface area contributed by atoms with Crippen molar-refractivity contribution in [3.05, 3.63) is 76.3 Å². The Morgan fingerprint density at radius 3 is 2.58 bits per heavy atom. The van der Waals surface area contributed by atoms with Crippen LogP contribution in [0.4, 0.5) is 29.1 Å². The van der Waals surface area contributed by atoms with E-state index in [1.54, 1.807) is 0 Å². The van der Waals surface area contributed by atoms with Gasteiger partial charge in [0.05, 0.1) is 11.9 Å². The molecule has 2 aromatic carbocycles. The van der Waals surface area contributed by atoms with E-state index < -0.39 is 64.8 Å². The predicted molar refractivity (Wildman–Crippen MR) is 112 cm³/mol. The molecule has 0 spiro atoms. The summed E-state index contributed by atoms with van der Waals surface area (Å²) < 4.78 is 80.8. The van der Waals surface area contributed by atoms with Crippen molar-refractivity contribution in [2.75, 3.05) is 11.1 Å². The fraction of sp³-hybridized carbons (Fsp3) is 0.0952. The van der Waals surface area contributed by atoms with E-state index in [0.717, 1.165) is 22.7 Å². The molecule has 0 radical (unpaired) electrons. The van der Waals surface area contributed by atoms with Gasteiger partial charge in [-0.2, -0.15) is 0 Å². The summed E-state index contributed by atoms with van der Waals surface area (Å²) in [6, 6.07) is 3.81. The molecule has 2 aromatic heterocycles. The highest BCUT2D eigenvalue weighted by atomic mass is 35.5. The van der Waals surface area contributed by atoms with E-state index in [1.807, 2.05) is 5.32 Å². The highest BCUT2D eigenvalue weighted by molar-refractivity contribution is 6.29. The lowest BCUT2D eigenvalue weighted by molar-refractivity contribution is -0.124. The maximum Gasteiger partial charge on any atom is 0.257 e. The number of nitrogens with one attached hydrogen (secondary N) is 1. The number of aliphatic hydroxyl groups is 1. The molecule has 0 saturated carbocycles. The summed E-state index contributed by atoms with van der Waals surface area (Å²) in [5, 5.41) is 11.8. The molecule has 0 aliphatic rings. The summed E-state index contributed by atoms with van der Waals surface area (Å²) in [6.45, 7) is -2.81. The lowest BCUT2D eigenvalue weighted by Crippen LogP contribution is -2.22. The minimum absolute atomic E-state index is 0.188.